The molecule has 2 aromatic heterocycles. The van der Waals surface area contributed by atoms with E-state index in [4.69, 9.17) is 0 Å². The number of amides is 2. The maximum atomic E-state index is 13.5. The quantitative estimate of drug-likeness (QED) is 0.702. The molecule has 3 atom stereocenters. The third kappa shape index (κ3) is 3.01. The monoisotopic (exact) mass is 404 g/mol. The van der Waals surface area contributed by atoms with Crippen molar-refractivity contribution >= 4 is 22.7 Å². The molecule has 7 nitrogen and oxygen atoms in total. The molecule has 0 radical (unpaired) electrons. The molecule has 0 saturated carbocycles. The Morgan fingerprint density at radius 3 is 2.80 bits per heavy atom. The summed E-state index contributed by atoms with van der Waals surface area (Å²) in [6.07, 6.45) is 2.75. The van der Waals surface area contributed by atoms with Crippen molar-refractivity contribution in [3.8, 4) is 0 Å². The van der Waals surface area contributed by atoms with Crippen LogP contribution in [0.3, 0.4) is 0 Å². The number of aromatic amines is 1. The summed E-state index contributed by atoms with van der Waals surface area (Å²) in [5.41, 5.74) is 2.42. The van der Waals surface area contributed by atoms with Crippen molar-refractivity contribution in [3.05, 3.63) is 70.3 Å². The Hall–Kier alpha value is -3.35. The van der Waals surface area contributed by atoms with Crippen molar-refractivity contribution in [2.75, 3.05) is 19.6 Å². The summed E-state index contributed by atoms with van der Waals surface area (Å²) in [5, 5.41) is 3.89. The predicted octanol–water partition coefficient (Wildman–Crippen LogP) is 2.27. The van der Waals surface area contributed by atoms with Crippen LogP contribution in [-0.4, -0.2) is 45.9 Å². The number of benzene rings is 1. The number of pyridine rings is 1. The Labute approximate surface area is 173 Å². The minimum atomic E-state index is -0.161. The Kier molecular flexibility index (Phi) is 4.46. The number of aromatic nitrogens is 2. The molecule has 0 unspecified atom stereocenters. The van der Waals surface area contributed by atoms with E-state index in [2.05, 4.69) is 10.3 Å². The lowest BCUT2D eigenvalue weighted by atomic mass is 9.78. The molecule has 1 fully saturated rings. The molecule has 2 aliphatic rings. The van der Waals surface area contributed by atoms with Crippen molar-refractivity contribution in [1.82, 2.24) is 19.8 Å². The van der Waals surface area contributed by atoms with Crippen LogP contribution in [0.5, 0.6) is 0 Å². The van der Waals surface area contributed by atoms with Gasteiger partial charge in [-0.25, -0.2) is 0 Å². The number of nitrogens with zero attached hydrogens (tertiary/aromatic N) is 2. The van der Waals surface area contributed by atoms with E-state index in [0.29, 0.717) is 25.2 Å². The second-order valence-corrected chi connectivity index (χ2v) is 8.31. The van der Waals surface area contributed by atoms with Gasteiger partial charge in [0, 0.05) is 55.8 Å². The zero-order valence-electron chi connectivity index (χ0n) is 16.8. The number of rotatable bonds is 3. The number of likely N-dealkylation sites (tertiary alicyclic amines) is 1. The second kappa shape index (κ2) is 7.16. The summed E-state index contributed by atoms with van der Waals surface area (Å²) in [7, 11) is 0. The maximum absolute atomic E-state index is 13.5. The van der Waals surface area contributed by atoms with Crippen LogP contribution in [0.1, 0.15) is 41.4 Å². The molecule has 3 aromatic rings. The van der Waals surface area contributed by atoms with Gasteiger partial charge in [-0.2, -0.15) is 0 Å². The van der Waals surface area contributed by atoms with Gasteiger partial charge in [0.1, 0.15) is 0 Å². The Morgan fingerprint density at radius 2 is 1.97 bits per heavy atom. The molecule has 1 saturated heterocycles. The molecule has 7 heteroatoms. The highest BCUT2D eigenvalue weighted by molar-refractivity contribution is 6.05. The Morgan fingerprint density at radius 1 is 1.13 bits per heavy atom. The molecule has 0 aliphatic carbocycles. The Balaban J connectivity index is 1.51. The molecule has 0 spiro atoms. The summed E-state index contributed by atoms with van der Waals surface area (Å²) in [4.78, 5) is 42.8. The molecule has 2 amide bonds. The topological polar surface area (TPSA) is 87.2 Å². The van der Waals surface area contributed by atoms with Crippen molar-refractivity contribution < 1.29 is 9.59 Å². The fourth-order valence-corrected chi connectivity index (χ4v) is 5.15. The van der Waals surface area contributed by atoms with Crippen LogP contribution in [0, 0.1) is 5.92 Å². The van der Waals surface area contributed by atoms with Crippen LogP contribution < -0.4 is 10.9 Å². The lowest BCUT2D eigenvalue weighted by Gasteiger charge is -2.47. The van der Waals surface area contributed by atoms with Gasteiger partial charge < -0.3 is 19.8 Å². The van der Waals surface area contributed by atoms with Crippen LogP contribution in [-0.2, 0) is 4.79 Å². The molecule has 30 heavy (non-hydrogen) atoms. The zero-order chi connectivity index (χ0) is 20.8. The van der Waals surface area contributed by atoms with Gasteiger partial charge in [-0.3, -0.25) is 14.4 Å². The van der Waals surface area contributed by atoms with Gasteiger partial charge in [-0.05, 0) is 30.5 Å². The lowest BCUT2D eigenvalue weighted by molar-refractivity contribution is -0.119. The number of piperidine rings is 1. The number of carbonyl (C=O) groups is 2. The van der Waals surface area contributed by atoms with Gasteiger partial charge in [0.05, 0.1) is 17.1 Å². The molecule has 4 heterocycles. The van der Waals surface area contributed by atoms with Gasteiger partial charge in [-0.15, -0.1) is 0 Å². The molecule has 2 aliphatic heterocycles. The summed E-state index contributed by atoms with van der Waals surface area (Å²) in [6.45, 7) is 3.02. The standard InChI is InChI=1S/C23H24N4O3/c1-14(28)25-11-20-17-10-16(19-6-3-7-21(29)27(19)20)12-26(13-17)23(30)18-5-2-4-15-8-9-24-22(15)18/h2-9,16-17,20,24H,10-13H2,1H3,(H,25,28)/t16-,17+,20+/m1/s1. The van der Waals surface area contributed by atoms with Crippen LogP contribution in [0.15, 0.2) is 53.5 Å². The number of carbonyl (C=O) groups excluding carboxylic acids is 2. The molecule has 154 valence electrons. The van der Waals surface area contributed by atoms with Gasteiger partial charge in [0.15, 0.2) is 0 Å². The fraction of sp³-hybridized carbons (Fsp3) is 0.348. The van der Waals surface area contributed by atoms with Crippen molar-refractivity contribution in [3.63, 3.8) is 0 Å². The zero-order valence-corrected chi connectivity index (χ0v) is 16.8. The first-order chi connectivity index (χ1) is 14.5. The fourth-order valence-electron chi connectivity index (χ4n) is 5.15. The number of hydrogen-bond donors (Lipinski definition) is 2. The van der Waals surface area contributed by atoms with E-state index in [1.807, 2.05) is 46.0 Å². The first-order valence-electron chi connectivity index (χ1n) is 10.3. The average molecular weight is 404 g/mol. The average Bonchev–Trinajstić information content (AvgIpc) is 3.22. The van der Waals surface area contributed by atoms with Crippen LogP contribution in [0.25, 0.3) is 10.9 Å². The number of hydrogen-bond acceptors (Lipinski definition) is 3. The normalized spacial score (nSPS) is 22.6. The number of fused-ring (bicyclic) bond motifs is 5. The smallest absolute Gasteiger partial charge is 0.256 e. The van der Waals surface area contributed by atoms with Crippen LogP contribution in [0.2, 0.25) is 0 Å². The van der Waals surface area contributed by atoms with E-state index in [-0.39, 0.29) is 35.3 Å². The van der Waals surface area contributed by atoms with E-state index in [1.54, 1.807) is 12.1 Å². The molecule has 2 N–H and O–H groups in total. The van der Waals surface area contributed by atoms with E-state index in [0.717, 1.165) is 23.0 Å². The van der Waals surface area contributed by atoms with Crippen LogP contribution >= 0.6 is 0 Å². The highest BCUT2D eigenvalue weighted by Gasteiger charge is 2.42. The van der Waals surface area contributed by atoms with Gasteiger partial charge in [0.25, 0.3) is 11.5 Å². The van der Waals surface area contributed by atoms with E-state index < -0.39 is 0 Å². The van der Waals surface area contributed by atoms with E-state index >= 15 is 0 Å². The SMILES string of the molecule is CC(=O)NC[C@H]1[C@H]2C[C@H](CN(C(=O)c3cccc4cc[nH]c34)C2)c2cccc(=O)n21. The number of para-hydroxylation sites is 1. The highest BCUT2D eigenvalue weighted by Crippen LogP contribution is 2.41. The molecule has 5 rings (SSSR count). The van der Waals surface area contributed by atoms with Gasteiger partial charge >= 0.3 is 0 Å². The summed E-state index contributed by atoms with van der Waals surface area (Å²) in [5.74, 6) is 0.0978. The van der Waals surface area contributed by atoms with Crippen molar-refractivity contribution in [2.45, 2.75) is 25.3 Å². The third-order valence-corrected chi connectivity index (χ3v) is 6.46. The summed E-state index contributed by atoms with van der Waals surface area (Å²) in [6, 6.07) is 12.9. The second-order valence-electron chi connectivity index (χ2n) is 8.31. The van der Waals surface area contributed by atoms with Gasteiger partial charge in [0.2, 0.25) is 5.91 Å². The third-order valence-electron chi connectivity index (χ3n) is 6.46. The van der Waals surface area contributed by atoms with E-state index in [1.165, 1.54) is 6.92 Å². The van der Waals surface area contributed by atoms with E-state index in [9.17, 15) is 14.4 Å². The maximum Gasteiger partial charge on any atom is 0.256 e. The van der Waals surface area contributed by atoms with Crippen molar-refractivity contribution in [1.29, 1.82) is 0 Å². The lowest BCUT2D eigenvalue weighted by Crippen LogP contribution is -2.53. The molecular weight excluding hydrogens is 380 g/mol. The first kappa shape index (κ1) is 18.7. The Bertz CT molecular complexity index is 1190. The minimum Gasteiger partial charge on any atom is -0.361 e. The highest BCUT2D eigenvalue weighted by atomic mass is 16.2. The minimum absolute atomic E-state index is 0.00255. The van der Waals surface area contributed by atoms with Crippen molar-refractivity contribution in [2.24, 2.45) is 5.92 Å². The summed E-state index contributed by atoms with van der Waals surface area (Å²) < 4.78 is 1.84. The van der Waals surface area contributed by atoms with Crippen LogP contribution in [0.4, 0.5) is 0 Å². The number of nitrogens with one attached hydrogen (secondary N) is 2. The van der Waals surface area contributed by atoms with Gasteiger partial charge in [-0.1, -0.05) is 18.2 Å². The largest absolute Gasteiger partial charge is 0.361 e. The molecular formula is C23H24N4O3. The molecule has 1 aromatic carbocycles. The predicted molar refractivity (Wildman–Crippen MR) is 113 cm³/mol. The molecule has 2 bridgehead atoms. The number of H-pyrrole nitrogens is 1. The summed E-state index contributed by atoms with van der Waals surface area (Å²) >= 11 is 0. The first-order valence-corrected chi connectivity index (χ1v) is 10.3.